The highest BCUT2D eigenvalue weighted by Gasteiger charge is 2.31. The van der Waals surface area contributed by atoms with Crippen LogP contribution in [0, 0.1) is 0 Å². The number of amides is 1. The number of carbonyl (C=O) groups excluding carboxylic acids is 2. The van der Waals surface area contributed by atoms with Crippen molar-refractivity contribution in [3.05, 3.63) is 5.53 Å². The minimum atomic E-state index is -4.43. The Morgan fingerprint density at radius 3 is 2.20 bits per heavy atom. The number of rotatable bonds is 23. The van der Waals surface area contributed by atoms with Gasteiger partial charge in [-0.2, -0.15) is 4.79 Å². The van der Waals surface area contributed by atoms with E-state index in [1.807, 2.05) is 0 Å². The second-order valence-corrected chi connectivity index (χ2v) is 9.17. The summed E-state index contributed by atoms with van der Waals surface area (Å²) in [7, 11) is -4.43. The zero-order valence-electron chi connectivity index (χ0n) is 21.2. The van der Waals surface area contributed by atoms with E-state index in [-0.39, 0.29) is 26.4 Å². The van der Waals surface area contributed by atoms with Gasteiger partial charge in [0.05, 0.1) is 26.4 Å². The average Bonchev–Trinajstić information content (AvgIpc) is 2.82. The van der Waals surface area contributed by atoms with Crippen molar-refractivity contribution in [2.75, 3.05) is 46.2 Å². The van der Waals surface area contributed by atoms with E-state index in [4.69, 9.17) is 24.1 Å². The standard InChI is InChI=1S/C22H42N3O9P/c1-4-7-9-11-14-30-17-19(32-15-12-10-8-5-2)18-34-35(28,29)33-16-13-24-21(26)20(25-23)22(27)31-6-3/h19H,4-18H2,1-3H3,(H,24,26)(H,28,29)/t19-/m1/s1. The molecule has 0 rings (SSSR count). The van der Waals surface area contributed by atoms with Crippen LogP contribution in [0.15, 0.2) is 0 Å². The minimum absolute atomic E-state index is 0.00732. The zero-order valence-corrected chi connectivity index (χ0v) is 22.1. The molecule has 0 aromatic heterocycles. The fraction of sp³-hybridized carbons (Fsp3) is 0.864. The van der Waals surface area contributed by atoms with Gasteiger partial charge in [-0.25, -0.2) is 9.36 Å². The van der Waals surface area contributed by atoms with E-state index in [2.05, 4.69) is 28.7 Å². The van der Waals surface area contributed by atoms with Crippen LogP contribution in [0.3, 0.4) is 0 Å². The number of nitrogens with zero attached hydrogens (tertiary/aromatic N) is 2. The Bertz CT molecular complexity index is 687. The Balaban J connectivity index is 4.46. The summed E-state index contributed by atoms with van der Waals surface area (Å²) in [5, 5.41) is 2.22. The molecule has 13 heteroatoms. The summed E-state index contributed by atoms with van der Waals surface area (Å²) in [6, 6.07) is 0. The lowest BCUT2D eigenvalue weighted by Gasteiger charge is -2.20. The molecule has 0 heterocycles. The number of hydrogen-bond donors (Lipinski definition) is 2. The maximum absolute atomic E-state index is 12.2. The fourth-order valence-corrected chi connectivity index (χ4v) is 3.52. The first-order chi connectivity index (χ1) is 16.8. The summed E-state index contributed by atoms with van der Waals surface area (Å²) in [5.74, 6) is -2.12. The minimum Gasteiger partial charge on any atom is -0.457 e. The van der Waals surface area contributed by atoms with Crippen LogP contribution in [0.4, 0.5) is 0 Å². The number of phosphoric ester groups is 1. The van der Waals surface area contributed by atoms with Crippen LogP contribution in [-0.4, -0.2) is 79.6 Å². The van der Waals surface area contributed by atoms with Gasteiger partial charge < -0.3 is 30.0 Å². The van der Waals surface area contributed by atoms with Gasteiger partial charge >= 0.3 is 25.4 Å². The predicted octanol–water partition coefficient (Wildman–Crippen LogP) is 3.03. The van der Waals surface area contributed by atoms with E-state index in [0.717, 1.165) is 51.4 Å². The van der Waals surface area contributed by atoms with Gasteiger partial charge in [0.25, 0.3) is 0 Å². The Morgan fingerprint density at radius 2 is 1.60 bits per heavy atom. The lowest BCUT2D eigenvalue weighted by Crippen LogP contribution is -2.39. The van der Waals surface area contributed by atoms with Crippen molar-refractivity contribution >= 4 is 25.4 Å². The van der Waals surface area contributed by atoms with Crippen molar-refractivity contribution in [1.82, 2.24) is 5.32 Å². The molecule has 0 aromatic rings. The quantitative estimate of drug-likeness (QED) is 0.0389. The van der Waals surface area contributed by atoms with E-state index in [1.54, 1.807) is 0 Å². The summed E-state index contributed by atoms with van der Waals surface area (Å²) < 4.78 is 38.1. The molecule has 0 aliphatic heterocycles. The van der Waals surface area contributed by atoms with Gasteiger partial charge in [-0.1, -0.05) is 52.4 Å². The van der Waals surface area contributed by atoms with Crippen molar-refractivity contribution in [3.8, 4) is 0 Å². The largest absolute Gasteiger partial charge is 0.472 e. The third-order valence-electron chi connectivity index (χ3n) is 4.65. The van der Waals surface area contributed by atoms with Gasteiger partial charge in [-0.3, -0.25) is 13.8 Å². The smallest absolute Gasteiger partial charge is 0.457 e. The number of nitrogens with one attached hydrogen (secondary N) is 1. The first-order valence-corrected chi connectivity index (χ1v) is 13.8. The molecule has 0 aliphatic rings. The Hall–Kier alpha value is -1.65. The van der Waals surface area contributed by atoms with Gasteiger partial charge in [-0.15, -0.1) is 0 Å². The van der Waals surface area contributed by atoms with Crippen molar-refractivity contribution in [1.29, 1.82) is 0 Å². The van der Waals surface area contributed by atoms with Crippen LogP contribution >= 0.6 is 7.82 Å². The second kappa shape index (κ2) is 21.6. The second-order valence-electron chi connectivity index (χ2n) is 7.71. The van der Waals surface area contributed by atoms with Crippen LogP contribution in [0.25, 0.3) is 5.53 Å². The predicted molar refractivity (Wildman–Crippen MR) is 129 cm³/mol. The maximum Gasteiger partial charge on any atom is 0.472 e. The number of hydrogen-bond acceptors (Lipinski definition) is 8. The third kappa shape index (κ3) is 18.3. The van der Waals surface area contributed by atoms with E-state index in [9.17, 15) is 19.0 Å². The Labute approximate surface area is 208 Å². The molecule has 0 aromatic carbocycles. The van der Waals surface area contributed by atoms with Crippen LogP contribution in [0.1, 0.15) is 72.1 Å². The summed E-state index contributed by atoms with van der Waals surface area (Å²) in [5.41, 5.74) is 7.95. The molecule has 1 unspecified atom stereocenters. The van der Waals surface area contributed by atoms with Crippen molar-refractivity contribution in [3.63, 3.8) is 0 Å². The number of carbonyl (C=O) groups is 2. The monoisotopic (exact) mass is 523 g/mol. The van der Waals surface area contributed by atoms with Gasteiger partial charge in [0, 0.05) is 19.8 Å². The highest BCUT2D eigenvalue weighted by atomic mass is 31.2. The van der Waals surface area contributed by atoms with Crippen LogP contribution < -0.4 is 5.32 Å². The normalized spacial score (nSPS) is 13.5. The molecule has 0 aliphatic carbocycles. The molecule has 0 radical (unpaired) electrons. The SMILES string of the molecule is CCCCCCOC[C@H](COP(=O)(O)OCCNC(=O)C(=[N+]=[N-])C(=O)OCC)OCCCCCC. The van der Waals surface area contributed by atoms with Gasteiger partial charge in [0.15, 0.2) is 0 Å². The summed E-state index contributed by atoms with van der Waals surface area (Å²) in [6.07, 6.45) is 7.89. The van der Waals surface area contributed by atoms with Gasteiger partial charge in [0.1, 0.15) is 6.10 Å². The van der Waals surface area contributed by atoms with Crippen LogP contribution in [0.2, 0.25) is 0 Å². The molecular weight excluding hydrogens is 481 g/mol. The van der Waals surface area contributed by atoms with E-state index in [0.29, 0.717) is 13.2 Å². The fourth-order valence-electron chi connectivity index (χ4n) is 2.77. The summed E-state index contributed by atoms with van der Waals surface area (Å²) in [4.78, 5) is 35.8. The number of esters is 1. The van der Waals surface area contributed by atoms with Gasteiger partial charge in [0.2, 0.25) is 0 Å². The van der Waals surface area contributed by atoms with Crippen molar-refractivity contribution < 1.29 is 47.1 Å². The molecular formula is C22H42N3O9P. The molecule has 35 heavy (non-hydrogen) atoms. The molecule has 0 fully saturated rings. The molecule has 0 bridgehead atoms. The first-order valence-electron chi connectivity index (χ1n) is 12.3. The number of unbranched alkanes of at least 4 members (excludes halogenated alkanes) is 6. The molecule has 12 nitrogen and oxygen atoms in total. The lowest BCUT2D eigenvalue weighted by atomic mass is 10.2. The number of ether oxygens (including phenoxy) is 3. The summed E-state index contributed by atoms with van der Waals surface area (Å²) >= 11 is 0. The molecule has 2 N–H and O–H groups in total. The molecule has 1 amide bonds. The van der Waals surface area contributed by atoms with E-state index < -0.39 is 38.1 Å². The van der Waals surface area contributed by atoms with Crippen molar-refractivity contribution in [2.24, 2.45) is 0 Å². The Morgan fingerprint density at radius 1 is 0.943 bits per heavy atom. The van der Waals surface area contributed by atoms with Crippen LogP contribution in [0.5, 0.6) is 0 Å². The maximum atomic E-state index is 12.2. The topological polar surface area (TPSA) is 166 Å². The van der Waals surface area contributed by atoms with Crippen LogP contribution in [-0.2, 0) is 37.4 Å². The highest BCUT2D eigenvalue weighted by Crippen LogP contribution is 2.43. The zero-order chi connectivity index (χ0) is 26.4. The molecule has 2 atom stereocenters. The molecule has 0 saturated carbocycles. The van der Waals surface area contributed by atoms with Gasteiger partial charge in [-0.05, 0) is 19.8 Å². The number of phosphoric acid groups is 1. The molecule has 0 saturated heterocycles. The average molecular weight is 524 g/mol. The Kier molecular flexibility index (Phi) is 20.6. The van der Waals surface area contributed by atoms with Crippen molar-refractivity contribution in [2.45, 2.75) is 78.2 Å². The van der Waals surface area contributed by atoms with E-state index in [1.165, 1.54) is 6.92 Å². The highest BCUT2D eigenvalue weighted by molar-refractivity contribution is 7.47. The molecule has 204 valence electrons. The van der Waals surface area contributed by atoms with E-state index >= 15 is 0 Å². The lowest BCUT2D eigenvalue weighted by molar-refractivity contribution is -0.142. The first kappa shape index (κ1) is 33.4. The third-order valence-corrected chi connectivity index (χ3v) is 5.63. The summed E-state index contributed by atoms with van der Waals surface area (Å²) in [6.45, 7) is 6.23. The molecule has 0 spiro atoms.